The molecule has 0 spiro atoms. The monoisotopic (exact) mass is 403 g/mol. The summed E-state index contributed by atoms with van der Waals surface area (Å²) >= 11 is 1.44. The fourth-order valence-electron chi connectivity index (χ4n) is 3.42. The standard InChI is InChI=1S/C21H17N5O2S/c1-12(27)24-21-26-19-15(6-4-8-17(19)29-21)25-20-14-9-10-28-16-7-3-2-5-13(16)18(14)22-11-23-20/h2-8,11H,9-10H2,1H3,(H,22,23,25)(H,24,26,27). The van der Waals surface area contributed by atoms with Gasteiger partial charge in [0.1, 0.15) is 23.4 Å². The van der Waals surface area contributed by atoms with Crippen LogP contribution in [-0.2, 0) is 11.2 Å². The van der Waals surface area contributed by atoms with Gasteiger partial charge in [-0.05, 0) is 24.3 Å². The number of para-hydroxylation sites is 2. The van der Waals surface area contributed by atoms with Crippen LogP contribution in [0.1, 0.15) is 12.5 Å². The maximum Gasteiger partial charge on any atom is 0.223 e. The summed E-state index contributed by atoms with van der Waals surface area (Å²) in [4.78, 5) is 25.0. The number of benzene rings is 2. The molecule has 2 aromatic heterocycles. The van der Waals surface area contributed by atoms with Gasteiger partial charge in [0.15, 0.2) is 5.13 Å². The summed E-state index contributed by atoms with van der Waals surface area (Å²) in [5, 5.41) is 6.75. The van der Waals surface area contributed by atoms with E-state index in [1.54, 1.807) is 6.33 Å². The van der Waals surface area contributed by atoms with E-state index in [1.807, 2.05) is 42.5 Å². The Morgan fingerprint density at radius 2 is 2.03 bits per heavy atom. The highest BCUT2D eigenvalue weighted by Gasteiger charge is 2.20. The van der Waals surface area contributed by atoms with E-state index in [1.165, 1.54) is 18.3 Å². The Balaban J connectivity index is 1.57. The van der Waals surface area contributed by atoms with Crippen LogP contribution in [0.15, 0.2) is 48.8 Å². The molecule has 4 aromatic rings. The van der Waals surface area contributed by atoms with Gasteiger partial charge >= 0.3 is 0 Å². The van der Waals surface area contributed by atoms with Gasteiger partial charge in [-0.3, -0.25) is 4.79 Å². The number of nitrogens with one attached hydrogen (secondary N) is 2. The molecule has 0 bridgehead atoms. The number of aromatic nitrogens is 3. The van der Waals surface area contributed by atoms with Gasteiger partial charge in [0.2, 0.25) is 5.91 Å². The number of anilines is 3. The first-order valence-electron chi connectivity index (χ1n) is 9.19. The van der Waals surface area contributed by atoms with Crippen molar-refractivity contribution in [2.45, 2.75) is 13.3 Å². The summed E-state index contributed by atoms with van der Waals surface area (Å²) in [6.07, 6.45) is 2.25. The summed E-state index contributed by atoms with van der Waals surface area (Å²) in [5.41, 5.74) is 4.46. The van der Waals surface area contributed by atoms with Gasteiger partial charge in [-0.2, -0.15) is 0 Å². The molecule has 144 valence electrons. The van der Waals surface area contributed by atoms with E-state index in [-0.39, 0.29) is 5.91 Å². The van der Waals surface area contributed by atoms with E-state index < -0.39 is 0 Å². The van der Waals surface area contributed by atoms with Crippen LogP contribution in [-0.4, -0.2) is 27.5 Å². The van der Waals surface area contributed by atoms with E-state index in [4.69, 9.17) is 4.74 Å². The second-order valence-corrected chi connectivity index (χ2v) is 7.65. The minimum absolute atomic E-state index is 0.140. The Bertz CT molecular complexity index is 1240. The van der Waals surface area contributed by atoms with Gasteiger partial charge in [-0.1, -0.05) is 29.5 Å². The van der Waals surface area contributed by atoms with Crippen LogP contribution < -0.4 is 15.4 Å². The van der Waals surface area contributed by atoms with Gasteiger partial charge < -0.3 is 15.4 Å². The van der Waals surface area contributed by atoms with Crippen LogP contribution in [0.25, 0.3) is 21.5 Å². The molecule has 0 saturated carbocycles. The highest BCUT2D eigenvalue weighted by molar-refractivity contribution is 7.22. The van der Waals surface area contributed by atoms with Gasteiger partial charge in [0, 0.05) is 24.5 Å². The number of nitrogens with zero attached hydrogens (tertiary/aromatic N) is 3. The zero-order valence-corrected chi connectivity index (χ0v) is 16.4. The lowest BCUT2D eigenvalue weighted by atomic mass is 10.0. The first-order chi connectivity index (χ1) is 14.2. The molecule has 1 amide bonds. The molecular formula is C21H17N5O2S. The number of fused-ring (bicyclic) bond motifs is 4. The molecule has 1 aliphatic heterocycles. The molecule has 29 heavy (non-hydrogen) atoms. The second-order valence-electron chi connectivity index (χ2n) is 6.62. The molecule has 0 atom stereocenters. The summed E-state index contributed by atoms with van der Waals surface area (Å²) < 4.78 is 6.88. The number of carbonyl (C=O) groups excluding carboxylic acids is 1. The van der Waals surface area contributed by atoms with Crippen molar-refractivity contribution in [1.82, 2.24) is 15.0 Å². The number of rotatable bonds is 3. The van der Waals surface area contributed by atoms with Crippen LogP contribution in [0, 0.1) is 0 Å². The van der Waals surface area contributed by atoms with Crippen molar-refractivity contribution in [2.75, 3.05) is 17.2 Å². The predicted octanol–water partition coefficient (Wildman–Crippen LogP) is 4.39. The topological polar surface area (TPSA) is 89.0 Å². The van der Waals surface area contributed by atoms with Gasteiger partial charge in [0.05, 0.1) is 22.7 Å². The molecule has 0 unspecified atom stereocenters. The zero-order valence-electron chi connectivity index (χ0n) is 15.6. The Labute approximate surface area is 170 Å². The molecule has 0 fully saturated rings. The smallest absolute Gasteiger partial charge is 0.223 e. The third-order valence-electron chi connectivity index (χ3n) is 4.65. The number of ether oxygens (including phenoxy) is 1. The fraction of sp³-hybridized carbons (Fsp3) is 0.143. The lowest BCUT2D eigenvalue weighted by molar-refractivity contribution is -0.114. The quantitative estimate of drug-likeness (QED) is 0.527. The molecule has 3 heterocycles. The Morgan fingerprint density at radius 3 is 2.93 bits per heavy atom. The average molecular weight is 403 g/mol. The molecule has 8 heteroatoms. The van der Waals surface area contributed by atoms with E-state index >= 15 is 0 Å². The van der Waals surface area contributed by atoms with Crippen molar-refractivity contribution < 1.29 is 9.53 Å². The molecule has 7 nitrogen and oxygen atoms in total. The molecule has 0 aliphatic carbocycles. The minimum atomic E-state index is -0.140. The predicted molar refractivity (Wildman–Crippen MR) is 114 cm³/mol. The summed E-state index contributed by atoms with van der Waals surface area (Å²) in [6.45, 7) is 2.03. The molecule has 2 N–H and O–H groups in total. The number of hydrogen-bond acceptors (Lipinski definition) is 7. The normalized spacial score (nSPS) is 12.4. The van der Waals surface area contributed by atoms with E-state index in [0.717, 1.165) is 44.3 Å². The minimum Gasteiger partial charge on any atom is -0.493 e. The summed E-state index contributed by atoms with van der Waals surface area (Å²) in [6, 6.07) is 13.8. The fourth-order valence-corrected chi connectivity index (χ4v) is 4.36. The second kappa shape index (κ2) is 7.14. The molecule has 0 saturated heterocycles. The zero-order chi connectivity index (χ0) is 19.8. The van der Waals surface area contributed by atoms with Gasteiger partial charge in [-0.25, -0.2) is 15.0 Å². The summed E-state index contributed by atoms with van der Waals surface area (Å²) in [5.74, 6) is 1.42. The van der Waals surface area contributed by atoms with Crippen LogP contribution >= 0.6 is 11.3 Å². The lowest BCUT2D eigenvalue weighted by Gasteiger charge is -2.12. The van der Waals surface area contributed by atoms with Crippen molar-refractivity contribution >= 4 is 44.1 Å². The maximum atomic E-state index is 11.4. The third kappa shape index (κ3) is 3.27. The lowest BCUT2D eigenvalue weighted by Crippen LogP contribution is -2.06. The van der Waals surface area contributed by atoms with E-state index in [9.17, 15) is 4.79 Å². The molecule has 0 radical (unpaired) electrons. The van der Waals surface area contributed by atoms with E-state index in [0.29, 0.717) is 18.2 Å². The Kier molecular flexibility index (Phi) is 4.33. The first-order valence-corrected chi connectivity index (χ1v) is 10.0. The van der Waals surface area contributed by atoms with Gasteiger partial charge in [0.25, 0.3) is 0 Å². The Morgan fingerprint density at radius 1 is 1.14 bits per heavy atom. The SMILES string of the molecule is CC(=O)Nc1nc2c(Nc3ncnc4c3CCOc3ccccc3-4)cccc2s1. The number of hydrogen-bond donors (Lipinski definition) is 2. The van der Waals surface area contributed by atoms with Crippen molar-refractivity contribution in [1.29, 1.82) is 0 Å². The van der Waals surface area contributed by atoms with Crippen LogP contribution in [0.5, 0.6) is 5.75 Å². The van der Waals surface area contributed by atoms with Crippen molar-refractivity contribution in [3.05, 3.63) is 54.4 Å². The average Bonchev–Trinajstić information content (AvgIpc) is 3.02. The molecule has 5 rings (SSSR count). The highest BCUT2D eigenvalue weighted by atomic mass is 32.1. The number of thiazole rings is 1. The number of carbonyl (C=O) groups is 1. The van der Waals surface area contributed by atoms with Crippen molar-refractivity contribution in [2.24, 2.45) is 0 Å². The third-order valence-corrected chi connectivity index (χ3v) is 5.59. The maximum absolute atomic E-state index is 11.4. The van der Waals surface area contributed by atoms with E-state index in [2.05, 4.69) is 25.6 Å². The largest absolute Gasteiger partial charge is 0.493 e. The summed E-state index contributed by atoms with van der Waals surface area (Å²) in [7, 11) is 0. The van der Waals surface area contributed by atoms with Crippen LogP contribution in [0.3, 0.4) is 0 Å². The molecule has 1 aliphatic rings. The van der Waals surface area contributed by atoms with Crippen molar-refractivity contribution in [3.63, 3.8) is 0 Å². The number of amides is 1. The van der Waals surface area contributed by atoms with Crippen LogP contribution in [0.2, 0.25) is 0 Å². The van der Waals surface area contributed by atoms with Crippen LogP contribution in [0.4, 0.5) is 16.6 Å². The van der Waals surface area contributed by atoms with Crippen molar-refractivity contribution in [3.8, 4) is 17.0 Å². The molecule has 2 aromatic carbocycles. The Hall–Kier alpha value is -3.52. The first kappa shape index (κ1) is 17.6. The highest BCUT2D eigenvalue weighted by Crippen LogP contribution is 2.38. The van der Waals surface area contributed by atoms with Gasteiger partial charge in [-0.15, -0.1) is 0 Å². The molecular weight excluding hydrogens is 386 g/mol.